The molecular formula is C14H16N2O4. The average molecular weight is 276 g/mol. The zero-order valence-electron chi connectivity index (χ0n) is 10.9. The van der Waals surface area contributed by atoms with Gasteiger partial charge in [0.2, 0.25) is 0 Å². The van der Waals surface area contributed by atoms with Gasteiger partial charge in [-0.3, -0.25) is 9.78 Å². The Labute approximate surface area is 116 Å². The van der Waals surface area contributed by atoms with E-state index in [2.05, 4.69) is 10.3 Å². The Kier molecular flexibility index (Phi) is 4.84. The highest BCUT2D eigenvalue weighted by atomic mass is 16.5. The second kappa shape index (κ2) is 6.81. The fraction of sp³-hybridized carbons (Fsp3) is 0.357. The molecule has 0 aliphatic carbocycles. The lowest BCUT2D eigenvalue weighted by Crippen LogP contribution is -2.39. The van der Waals surface area contributed by atoms with Crippen LogP contribution in [0.15, 0.2) is 24.4 Å². The van der Waals surface area contributed by atoms with Gasteiger partial charge in [-0.2, -0.15) is 0 Å². The fourth-order valence-corrected chi connectivity index (χ4v) is 1.91. The minimum atomic E-state index is -1.02. The average Bonchev–Trinajstić information content (AvgIpc) is 2.46. The van der Waals surface area contributed by atoms with Gasteiger partial charge in [0, 0.05) is 31.5 Å². The normalized spacial score (nSPS) is 16.2. The number of carbonyl (C=O) groups is 2. The largest absolute Gasteiger partial charge is 0.478 e. The number of aliphatic carboxylic acids is 1. The first-order chi connectivity index (χ1) is 9.65. The molecule has 0 bridgehead atoms. The van der Waals surface area contributed by atoms with Gasteiger partial charge < -0.3 is 15.2 Å². The van der Waals surface area contributed by atoms with E-state index in [-0.39, 0.29) is 11.9 Å². The Morgan fingerprint density at radius 2 is 2.10 bits per heavy atom. The van der Waals surface area contributed by atoms with Crippen LogP contribution >= 0.6 is 0 Å². The van der Waals surface area contributed by atoms with Crippen LogP contribution in [0.4, 0.5) is 0 Å². The summed E-state index contributed by atoms with van der Waals surface area (Å²) in [6, 6.07) is 3.37. The summed E-state index contributed by atoms with van der Waals surface area (Å²) >= 11 is 0. The van der Waals surface area contributed by atoms with Gasteiger partial charge in [-0.15, -0.1) is 0 Å². The maximum Gasteiger partial charge on any atom is 0.328 e. The first kappa shape index (κ1) is 14.2. The number of amides is 1. The van der Waals surface area contributed by atoms with Crippen molar-refractivity contribution in [3.05, 3.63) is 35.7 Å². The molecule has 0 radical (unpaired) electrons. The summed E-state index contributed by atoms with van der Waals surface area (Å²) in [5, 5.41) is 11.4. The predicted octanol–water partition coefficient (Wildman–Crippen LogP) is 1.09. The van der Waals surface area contributed by atoms with E-state index in [4.69, 9.17) is 9.84 Å². The first-order valence-corrected chi connectivity index (χ1v) is 6.41. The standard InChI is InChI=1S/C14H16N2O4/c17-13(18)4-2-10-1-3-12(15-9-10)14(19)16-11-5-7-20-8-6-11/h1-4,9,11H,5-8H2,(H,16,19)(H,17,18). The van der Waals surface area contributed by atoms with E-state index in [0.717, 1.165) is 18.9 Å². The minimum absolute atomic E-state index is 0.129. The highest BCUT2D eigenvalue weighted by Crippen LogP contribution is 2.08. The Morgan fingerprint density at radius 3 is 2.70 bits per heavy atom. The maximum atomic E-state index is 12.0. The van der Waals surface area contributed by atoms with Crippen molar-refractivity contribution in [1.82, 2.24) is 10.3 Å². The van der Waals surface area contributed by atoms with Crippen LogP contribution < -0.4 is 5.32 Å². The van der Waals surface area contributed by atoms with Crippen molar-refractivity contribution in [3.8, 4) is 0 Å². The van der Waals surface area contributed by atoms with E-state index in [1.54, 1.807) is 12.1 Å². The minimum Gasteiger partial charge on any atom is -0.478 e. The highest BCUT2D eigenvalue weighted by molar-refractivity contribution is 5.92. The number of carboxylic acids is 1. The highest BCUT2D eigenvalue weighted by Gasteiger charge is 2.17. The third-order valence-electron chi connectivity index (χ3n) is 2.99. The quantitative estimate of drug-likeness (QED) is 0.804. The lowest BCUT2D eigenvalue weighted by Gasteiger charge is -2.22. The molecule has 0 spiro atoms. The Bertz CT molecular complexity index is 504. The summed E-state index contributed by atoms with van der Waals surface area (Å²) in [5.74, 6) is -1.24. The van der Waals surface area contributed by atoms with Gasteiger partial charge in [0.05, 0.1) is 0 Å². The molecule has 1 aliphatic rings. The van der Waals surface area contributed by atoms with Gasteiger partial charge in [0.15, 0.2) is 0 Å². The molecule has 1 fully saturated rings. The lowest BCUT2D eigenvalue weighted by atomic mass is 10.1. The van der Waals surface area contributed by atoms with E-state index in [9.17, 15) is 9.59 Å². The number of hydrogen-bond donors (Lipinski definition) is 2. The summed E-state index contributed by atoms with van der Waals surface area (Å²) in [7, 11) is 0. The van der Waals surface area contributed by atoms with Crippen molar-refractivity contribution < 1.29 is 19.4 Å². The third kappa shape index (κ3) is 4.17. The van der Waals surface area contributed by atoms with Crippen LogP contribution in [-0.2, 0) is 9.53 Å². The zero-order valence-corrected chi connectivity index (χ0v) is 10.9. The molecular weight excluding hydrogens is 260 g/mol. The second-order valence-corrected chi connectivity index (χ2v) is 4.51. The summed E-state index contributed by atoms with van der Waals surface area (Å²) in [4.78, 5) is 26.4. The SMILES string of the molecule is O=C(O)C=Cc1ccc(C(=O)NC2CCOCC2)nc1. The molecule has 2 heterocycles. The summed E-state index contributed by atoms with van der Waals surface area (Å²) in [6.45, 7) is 1.33. The molecule has 1 saturated heterocycles. The zero-order chi connectivity index (χ0) is 14.4. The predicted molar refractivity (Wildman–Crippen MR) is 72.2 cm³/mol. The molecule has 1 aromatic heterocycles. The van der Waals surface area contributed by atoms with E-state index in [1.165, 1.54) is 12.3 Å². The van der Waals surface area contributed by atoms with Crippen molar-refractivity contribution >= 4 is 18.0 Å². The van der Waals surface area contributed by atoms with E-state index in [1.807, 2.05) is 0 Å². The molecule has 1 aromatic rings. The molecule has 6 nitrogen and oxygen atoms in total. The number of rotatable bonds is 4. The molecule has 0 unspecified atom stereocenters. The Balaban J connectivity index is 1.94. The van der Waals surface area contributed by atoms with E-state index >= 15 is 0 Å². The van der Waals surface area contributed by atoms with Crippen LogP contribution in [0.3, 0.4) is 0 Å². The molecule has 6 heteroatoms. The van der Waals surface area contributed by atoms with Crippen LogP contribution in [-0.4, -0.2) is 41.2 Å². The van der Waals surface area contributed by atoms with Crippen molar-refractivity contribution in [2.24, 2.45) is 0 Å². The number of carboxylic acid groups (broad SMARTS) is 1. The summed E-state index contributed by atoms with van der Waals surface area (Å²) < 4.78 is 5.23. The van der Waals surface area contributed by atoms with Gasteiger partial charge in [-0.25, -0.2) is 4.79 Å². The van der Waals surface area contributed by atoms with Gasteiger partial charge >= 0.3 is 5.97 Å². The number of nitrogens with one attached hydrogen (secondary N) is 1. The molecule has 0 atom stereocenters. The number of nitrogens with zero attached hydrogens (tertiary/aromatic N) is 1. The van der Waals surface area contributed by atoms with Crippen LogP contribution in [0, 0.1) is 0 Å². The van der Waals surface area contributed by atoms with Crippen LogP contribution in [0.1, 0.15) is 28.9 Å². The molecule has 106 valence electrons. The fourth-order valence-electron chi connectivity index (χ4n) is 1.91. The molecule has 2 N–H and O–H groups in total. The van der Waals surface area contributed by atoms with Gasteiger partial charge in [-0.05, 0) is 30.5 Å². The van der Waals surface area contributed by atoms with E-state index in [0.29, 0.717) is 24.5 Å². The monoisotopic (exact) mass is 276 g/mol. The number of hydrogen-bond acceptors (Lipinski definition) is 4. The number of pyridine rings is 1. The van der Waals surface area contributed by atoms with Crippen molar-refractivity contribution in [3.63, 3.8) is 0 Å². The number of carbonyl (C=O) groups excluding carboxylic acids is 1. The van der Waals surface area contributed by atoms with Crippen LogP contribution in [0.25, 0.3) is 6.08 Å². The Morgan fingerprint density at radius 1 is 1.35 bits per heavy atom. The van der Waals surface area contributed by atoms with Gasteiger partial charge in [0.1, 0.15) is 5.69 Å². The van der Waals surface area contributed by atoms with Crippen molar-refractivity contribution in [2.75, 3.05) is 13.2 Å². The topological polar surface area (TPSA) is 88.5 Å². The Hall–Kier alpha value is -2.21. The molecule has 0 aromatic carbocycles. The van der Waals surface area contributed by atoms with Crippen LogP contribution in [0.2, 0.25) is 0 Å². The molecule has 20 heavy (non-hydrogen) atoms. The summed E-state index contributed by atoms with van der Waals surface area (Å²) in [6.07, 6.45) is 5.54. The van der Waals surface area contributed by atoms with Gasteiger partial charge in [-0.1, -0.05) is 6.07 Å². The first-order valence-electron chi connectivity index (χ1n) is 6.41. The van der Waals surface area contributed by atoms with Crippen molar-refractivity contribution in [2.45, 2.75) is 18.9 Å². The molecule has 2 rings (SSSR count). The smallest absolute Gasteiger partial charge is 0.328 e. The number of aromatic nitrogens is 1. The van der Waals surface area contributed by atoms with Gasteiger partial charge in [0.25, 0.3) is 5.91 Å². The van der Waals surface area contributed by atoms with Crippen LogP contribution in [0.5, 0.6) is 0 Å². The molecule has 0 saturated carbocycles. The second-order valence-electron chi connectivity index (χ2n) is 4.51. The lowest BCUT2D eigenvalue weighted by molar-refractivity contribution is -0.131. The van der Waals surface area contributed by atoms with E-state index < -0.39 is 5.97 Å². The third-order valence-corrected chi connectivity index (χ3v) is 2.99. The summed E-state index contributed by atoms with van der Waals surface area (Å²) in [5.41, 5.74) is 0.957. The number of ether oxygens (including phenoxy) is 1. The maximum absolute atomic E-state index is 12.0. The molecule has 1 amide bonds. The molecule has 1 aliphatic heterocycles. The van der Waals surface area contributed by atoms with Crippen molar-refractivity contribution in [1.29, 1.82) is 0 Å².